The third-order valence-electron chi connectivity index (χ3n) is 5.51. The van der Waals surface area contributed by atoms with E-state index in [2.05, 4.69) is 68.2 Å². The van der Waals surface area contributed by atoms with Gasteiger partial charge in [-0.15, -0.1) is 0 Å². The van der Waals surface area contributed by atoms with E-state index in [1.54, 1.807) is 17.2 Å². The number of anilines is 2. The van der Waals surface area contributed by atoms with E-state index in [0.29, 0.717) is 41.9 Å². The van der Waals surface area contributed by atoms with Crippen molar-refractivity contribution in [3.8, 4) is 0 Å². The largest absolute Gasteiger partial charge is 0.366 e. The first-order valence-corrected chi connectivity index (χ1v) is 12.6. The minimum Gasteiger partial charge on any atom is -0.366 e. The smallest absolute Gasteiger partial charge is 0.262 e. The number of rotatable bonds is 8. The van der Waals surface area contributed by atoms with E-state index in [0.717, 1.165) is 28.0 Å². The van der Waals surface area contributed by atoms with Gasteiger partial charge < -0.3 is 5.32 Å². The molecule has 0 unspecified atom stereocenters. The zero-order chi connectivity index (χ0) is 24.8. The number of fused-ring (bicyclic) bond motifs is 1. The van der Waals surface area contributed by atoms with Gasteiger partial charge in [-0.25, -0.2) is 19.9 Å². The van der Waals surface area contributed by atoms with Gasteiger partial charge in [-0.2, -0.15) is 0 Å². The molecule has 7 nitrogen and oxygen atoms in total. The predicted octanol–water partition coefficient (Wildman–Crippen LogP) is 5.34. The fourth-order valence-electron chi connectivity index (χ4n) is 3.82. The molecule has 1 aliphatic rings. The molecule has 0 radical (unpaired) electrons. The van der Waals surface area contributed by atoms with Gasteiger partial charge in [0.15, 0.2) is 5.16 Å². The lowest BCUT2D eigenvalue weighted by Crippen LogP contribution is -2.39. The van der Waals surface area contributed by atoms with Gasteiger partial charge >= 0.3 is 0 Å². The zero-order valence-electron chi connectivity index (χ0n) is 20.2. The summed E-state index contributed by atoms with van der Waals surface area (Å²) in [4.78, 5) is 32.1. The summed E-state index contributed by atoms with van der Waals surface area (Å²) < 4.78 is 0. The molecule has 8 heteroatoms. The molecule has 4 rings (SSSR count). The van der Waals surface area contributed by atoms with Crippen molar-refractivity contribution in [3.63, 3.8) is 0 Å². The van der Waals surface area contributed by atoms with Crippen molar-refractivity contribution in [3.05, 3.63) is 95.6 Å². The fraction of sp³-hybridized carbons (Fsp3) is 0.222. The molecule has 1 aliphatic heterocycles. The van der Waals surface area contributed by atoms with Gasteiger partial charge in [0, 0.05) is 31.8 Å². The maximum Gasteiger partial charge on any atom is 0.262 e. The van der Waals surface area contributed by atoms with Crippen LogP contribution in [0, 0.1) is 0 Å². The first-order valence-electron chi connectivity index (χ1n) is 11.4. The normalized spacial score (nSPS) is 13.7. The van der Waals surface area contributed by atoms with Crippen molar-refractivity contribution in [2.45, 2.75) is 32.0 Å². The number of hydrogen-bond acceptors (Lipinski definition) is 7. The van der Waals surface area contributed by atoms with Crippen LogP contribution in [0.15, 0.2) is 78.4 Å². The maximum atomic E-state index is 13.1. The molecule has 0 saturated heterocycles. The average Bonchev–Trinajstić information content (AvgIpc) is 2.87. The van der Waals surface area contributed by atoms with Crippen molar-refractivity contribution >= 4 is 34.9 Å². The molecule has 0 fully saturated rings. The summed E-state index contributed by atoms with van der Waals surface area (Å²) in [6, 6.07) is 10.2. The molecule has 3 aromatic rings. The Kier molecular flexibility index (Phi) is 7.72. The van der Waals surface area contributed by atoms with E-state index in [1.165, 1.54) is 18.1 Å². The van der Waals surface area contributed by atoms with Crippen LogP contribution in [-0.4, -0.2) is 38.6 Å². The number of benzene rings is 1. The second-order valence-corrected chi connectivity index (χ2v) is 8.96. The zero-order valence-corrected chi connectivity index (χ0v) is 21.0. The molecule has 0 spiro atoms. The number of carbonyl (C=O) groups excluding carboxylic acids is 1. The average molecular weight is 485 g/mol. The number of allylic oxidation sites excluding steroid dienone is 5. The second-order valence-electron chi connectivity index (χ2n) is 8.18. The molecule has 1 N–H and O–H groups in total. The first kappa shape index (κ1) is 24.3. The highest BCUT2D eigenvalue weighted by atomic mass is 32.2. The van der Waals surface area contributed by atoms with E-state index in [9.17, 15) is 4.79 Å². The summed E-state index contributed by atoms with van der Waals surface area (Å²) >= 11 is 1.47. The van der Waals surface area contributed by atoms with Crippen LogP contribution in [0.5, 0.6) is 0 Å². The van der Waals surface area contributed by atoms with Gasteiger partial charge in [0.2, 0.25) is 0 Å². The summed E-state index contributed by atoms with van der Waals surface area (Å²) in [5.41, 5.74) is 5.71. The minimum atomic E-state index is -0.140. The number of aromatic nitrogens is 4. The van der Waals surface area contributed by atoms with E-state index in [1.807, 2.05) is 26.2 Å². The second kappa shape index (κ2) is 11.1. The summed E-state index contributed by atoms with van der Waals surface area (Å²) in [6.45, 7) is 9.09. The molecule has 1 aromatic carbocycles. The van der Waals surface area contributed by atoms with Gasteiger partial charge in [-0.3, -0.25) is 9.69 Å². The molecule has 3 heterocycles. The number of nitrogens with one attached hydrogen (secondary N) is 1. The lowest BCUT2D eigenvalue weighted by Gasteiger charge is -2.27. The third-order valence-corrected chi connectivity index (χ3v) is 6.08. The molecule has 0 bridgehead atoms. The highest BCUT2D eigenvalue weighted by Crippen LogP contribution is 2.24. The van der Waals surface area contributed by atoms with Crippen molar-refractivity contribution in [2.24, 2.45) is 0 Å². The lowest BCUT2D eigenvalue weighted by molar-refractivity contribution is 0.0978. The minimum absolute atomic E-state index is 0.140. The number of hydrogen-bond donors (Lipinski definition) is 1. The summed E-state index contributed by atoms with van der Waals surface area (Å²) in [5.74, 6) is 1.07. The van der Waals surface area contributed by atoms with E-state index in [-0.39, 0.29) is 5.91 Å². The van der Waals surface area contributed by atoms with Crippen molar-refractivity contribution < 1.29 is 4.79 Å². The molecule has 1 amide bonds. The van der Waals surface area contributed by atoms with Crippen LogP contribution < -0.4 is 10.2 Å². The highest BCUT2D eigenvalue weighted by molar-refractivity contribution is 7.98. The Labute approximate surface area is 210 Å². The first-order chi connectivity index (χ1) is 17.0. The van der Waals surface area contributed by atoms with Crippen molar-refractivity contribution in [1.29, 1.82) is 0 Å². The Balaban J connectivity index is 1.45. The molecule has 178 valence electrons. The van der Waals surface area contributed by atoms with Gasteiger partial charge in [-0.1, -0.05) is 66.4 Å². The molecular formula is C27H28N6OS. The molecule has 2 aromatic heterocycles. The number of amides is 1. The van der Waals surface area contributed by atoms with Crippen LogP contribution in [0.3, 0.4) is 0 Å². The third kappa shape index (κ3) is 5.84. The van der Waals surface area contributed by atoms with Crippen LogP contribution in [-0.2, 0) is 13.0 Å². The van der Waals surface area contributed by atoms with Crippen LogP contribution in [0.4, 0.5) is 11.6 Å². The molecule has 0 aliphatic carbocycles. The lowest BCUT2D eigenvalue weighted by atomic mass is 10.0. The van der Waals surface area contributed by atoms with Gasteiger partial charge in [0.25, 0.3) is 5.91 Å². The Morgan fingerprint density at radius 3 is 2.74 bits per heavy atom. The van der Waals surface area contributed by atoms with Crippen LogP contribution >= 0.6 is 11.8 Å². The van der Waals surface area contributed by atoms with Gasteiger partial charge in [0.1, 0.15) is 18.0 Å². The van der Waals surface area contributed by atoms with Gasteiger partial charge in [0.05, 0.1) is 11.3 Å². The monoisotopic (exact) mass is 484 g/mol. The maximum absolute atomic E-state index is 13.1. The van der Waals surface area contributed by atoms with Gasteiger partial charge in [-0.05, 0) is 36.8 Å². The Bertz CT molecular complexity index is 1300. The summed E-state index contributed by atoms with van der Waals surface area (Å²) in [7, 11) is 0. The predicted molar refractivity (Wildman–Crippen MR) is 143 cm³/mol. The summed E-state index contributed by atoms with van der Waals surface area (Å²) in [5, 5.41) is 4.01. The SMILES string of the molecule is C=C(C)/C=C(\C=C/C)c1ccc(CNc2cc(N3CCc4nc(SC)ncc4C3=O)ncn2)cc1. The van der Waals surface area contributed by atoms with E-state index in [4.69, 9.17) is 0 Å². The van der Waals surface area contributed by atoms with E-state index < -0.39 is 0 Å². The quantitative estimate of drug-likeness (QED) is 0.262. The van der Waals surface area contributed by atoms with Crippen LogP contribution in [0.25, 0.3) is 5.57 Å². The highest BCUT2D eigenvalue weighted by Gasteiger charge is 2.28. The summed E-state index contributed by atoms with van der Waals surface area (Å²) in [6.07, 6.45) is 11.8. The topological polar surface area (TPSA) is 83.9 Å². The molecular weight excluding hydrogens is 456 g/mol. The molecule has 0 saturated carbocycles. The van der Waals surface area contributed by atoms with Crippen molar-refractivity contribution in [1.82, 2.24) is 19.9 Å². The standard InChI is InChI=1S/C27H28N6OS/c1-5-6-21(13-18(2)3)20-9-7-19(8-10-20)15-28-24-14-25(31-17-30-24)33-12-11-23-22(26(33)34)16-29-27(32-23)35-4/h5-10,13-14,16-17H,2,11-12,15H2,1,3-4H3,(H,28,30,31)/b6-5-,21-13+. The number of nitrogens with zero attached hydrogens (tertiary/aromatic N) is 5. The van der Waals surface area contributed by atoms with Crippen LogP contribution in [0.1, 0.15) is 41.0 Å². The number of carbonyl (C=O) groups is 1. The molecule has 0 atom stereocenters. The Morgan fingerprint density at radius 2 is 2.03 bits per heavy atom. The van der Waals surface area contributed by atoms with Crippen LogP contribution in [0.2, 0.25) is 0 Å². The van der Waals surface area contributed by atoms with Crippen molar-refractivity contribution in [2.75, 3.05) is 23.0 Å². The number of thioether (sulfide) groups is 1. The fourth-order valence-corrected chi connectivity index (χ4v) is 4.18. The van der Waals surface area contributed by atoms with E-state index >= 15 is 0 Å². The molecule has 35 heavy (non-hydrogen) atoms. The Hall–Kier alpha value is -3.78. The Morgan fingerprint density at radius 1 is 1.23 bits per heavy atom.